The van der Waals surface area contributed by atoms with Crippen molar-refractivity contribution in [3.8, 4) is 0 Å². The van der Waals surface area contributed by atoms with Crippen molar-refractivity contribution < 1.29 is 13.9 Å². The summed E-state index contributed by atoms with van der Waals surface area (Å²) in [6, 6.07) is 4.16. The number of azo groups is 1. The summed E-state index contributed by atoms with van der Waals surface area (Å²) in [5, 5.41) is 18.6. The van der Waals surface area contributed by atoms with Gasteiger partial charge in [0.25, 0.3) is 0 Å². The van der Waals surface area contributed by atoms with Crippen molar-refractivity contribution in [1.29, 1.82) is 0 Å². The Morgan fingerprint density at radius 1 is 1.35 bits per heavy atom. The highest BCUT2D eigenvalue weighted by atomic mass is 35.5. The van der Waals surface area contributed by atoms with Crippen LogP contribution < -0.4 is 16.0 Å². The molecule has 8 nitrogen and oxygen atoms in total. The van der Waals surface area contributed by atoms with Crippen LogP contribution in [0.1, 0.15) is 32.3 Å². The van der Waals surface area contributed by atoms with E-state index in [4.69, 9.17) is 16.3 Å². The van der Waals surface area contributed by atoms with Gasteiger partial charge in [-0.3, -0.25) is 10.6 Å². The van der Waals surface area contributed by atoms with Gasteiger partial charge < -0.3 is 15.0 Å². The number of ether oxygens (including phenoxy) is 1. The predicted molar refractivity (Wildman–Crippen MR) is 115 cm³/mol. The molecule has 2 saturated heterocycles. The third-order valence-corrected chi connectivity index (χ3v) is 6.30. The second-order valence-corrected chi connectivity index (χ2v) is 9.04. The van der Waals surface area contributed by atoms with Crippen molar-refractivity contribution in [1.82, 2.24) is 20.9 Å². The van der Waals surface area contributed by atoms with E-state index in [1.807, 2.05) is 20.0 Å². The van der Waals surface area contributed by atoms with E-state index in [2.05, 4.69) is 26.2 Å². The molecule has 3 aliphatic heterocycles. The average Bonchev–Trinajstić information content (AvgIpc) is 2.98. The van der Waals surface area contributed by atoms with Crippen LogP contribution in [0.25, 0.3) is 0 Å². The predicted octanol–water partition coefficient (Wildman–Crippen LogP) is 3.14. The topological polar surface area (TPSA) is 90.3 Å². The molecule has 168 valence electrons. The Morgan fingerprint density at radius 3 is 2.87 bits per heavy atom. The number of halogens is 2. The Bertz CT molecular complexity index is 866. The zero-order chi connectivity index (χ0) is 22.0. The average molecular weight is 451 g/mol. The number of hydrogen-bond donors (Lipinski definition) is 3. The number of carbonyl (C=O) groups is 1. The third-order valence-electron chi connectivity index (χ3n) is 6.08. The van der Waals surface area contributed by atoms with E-state index in [0.717, 1.165) is 31.6 Å². The largest absolute Gasteiger partial charge is 0.381 e. The SMILES string of the molecule is CC1(C)C2=CNC(NC3CCOCC3)NC2CN1C(=O)N=NCc1cc(F)cc(Cl)c1. The number of rotatable bonds is 4. The maximum Gasteiger partial charge on any atom is 0.362 e. The van der Waals surface area contributed by atoms with Gasteiger partial charge in [0.15, 0.2) is 0 Å². The third kappa shape index (κ3) is 5.06. The molecule has 0 saturated carbocycles. The number of nitrogens with zero attached hydrogens (tertiary/aromatic N) is 3. The molecule has 3 heterocycles. The minimum absolute atomic E-state index is 0.0229. The molecule has 0 aromatic heterocycles. The molecule has 10 heteroatoms. The van der Waals surface area contributed by atoms with Gasteiger partial charge in [-0.25, -0.2) is 9.18 Å². The van der Waals surface area contributed by atoms with Crippen molar-refractivity contribution >= 4 is 17.6 Å². The van der Waals surface area contributed by atoms with Crippen LogP contribution in [-0.4, -0.2) is 54.6 Å². The summed E-state index contributed by atoms with van der Waals surface area (Å²) in [5.74, 6) is -0.441. The molecule has 0 radical (unpaired) electrons. The summed E-state index contributed by atoms with van der Waals surface area (Å²) in [4.78, 5) is 14.5. The highest BCUT2D eigenvalue weighted by Gasteiger charge is 2.47. The van der Waals surface area contributed by atoms with E-state index in [-0.39, 0.29) is 23.9 Å². The van der Waals surface area contributed by atoms with Gasteiger partial charge in [-0.1, -0.05) is 16.7 Å². The number of carbonyl (C=O) groups excluding carboxylic acids is 1. The van der Waals surface area contributed by atoms with Crippen LogP contribution in [0.3, 0.4) is 0 Å². The van der Waals surface area contributed by atoms with Crippen molar-refractivity contribution in [2.75, 3.05) is 19.8 Å². The molecule has 1 aromatic rings. The van der Waals surface area contributed by atoms with Crippen molar-refractivity contribution in [2.24, 2.45) is 10.2 Å². The number of likely N-dealkylation sites (tertiary alicyclic amines) is 1. The smallest absolute Gasteiger partial charge is 0.362 e. The summed E-state index contributed by atoms with van der Waals surface area (Å²) >= 11 is 5.86. The van der Waals surface area contributed by atoms with Crippen LogP contribution in [0.5, 0.6) is 0 Å². The van der Waals surface area contributed by atoms with Gasteiger partial charge in [0.1, 0.15) is 12.1 Å². The Labute approximate surface area is 186 Å². The van der Waals surface area contributed by atoms with Gasteiger partial charge in [-0.05, 0) is 56.0 Å². The minimum Gasteiger partial charge on any atom is -0.381 e. The summed E-state index contributed by atoms with van der Waals surface area (Å²) in [7, 11) is 0. The van der Waals surface area contributed by atoms with Gasteiger partial charge in [0.2, 0.25) is 0 Å². The van der Waals surface area contributed by atoms with Crippen LogP contribution in [0.4, 0.5) is 9.18 Å². The van der Waals surface area contributed by atoms with Crippen LogP contribution >= 0.6 is 11.6 Å². The number of urea groups is 1. The lowest BCUT2D eigenvalue weighted by Gasteiger charge is -2.36. The molecular formula is C21H28ClFN6O2. The minimum atomic E-state index is -0.507. The fourth-order valence-electron chi connectivity index (χ4n) is 4.38. The van der Waals surface area contributed by atoms with E-state index >= 15 is 0 Å². The quantitative estimate of drug-likeness (QED) is 0.613. The Balaban J connectivity index is 1.37. The lowest BCUT2D eigenvalue weighted by molar-refractivity contribution is 0.0715. The molecule has 2 amide bonds. The van der Waals surface area contributed by atoms with Crippen molar-refractivity contribution in [3.63, 3.8) is 0 Å². The molecule has 2 fully saturated rings. The second kappa shape index (κ2) is 9.20. The fourth-order valence-corrected chi connectivity index (χ4v) is 4.62. The molecule has 1 aromatic carbocycles. The zero-order valence-electron chi connectivity index (χ0n) is 17.7. The molecule has 2 unspecified atom stereocenters. The van der Waals surface area contributed by atoms with E-state index in [1.165, 1.54) is 12.1 Å². The van der Waals surface area contributed by atoms with Crippen LogP contribution in [0.2, 0.25) is 5.02 Å². The molecule has 31 heavy (non-hydrogen) atoms. The number of nitrogens with one attached hydrogen (secondary N) is 3. The molecule has 3 aliphatic rings. The first-order valence-electron chi connectivity index (χ1n) is 10.5. The van der Waals surface area contributed by atoms with Gasteiger partial charge in [0, 0.05) is 37.0 Å². The van der Waals surface area contributed by atoms with E-state index < -0.39 is 17.4 Å². The fraction of sp³-hybridized carbons (Fsp3) is 0.571. The Kier molecular flexibility index (Phi) is 6.57. The van der Waals surface area contributed by atoms with Crippen LogP contribution in [0.15, 0.2) is 40.2 Å². The van der Waals surface area contributed by atoms with Gasteiger partial charge >= 0.3 is 6.03 Å². The van der Waals surface area contributed by atoms with Gasteiger partial charge in [0.05, 0.1) is 18.1 Å². The number of benzene rings is 1. The first-order valence-corrected chi connectivity index (χ1v) is 10.9. The van der Waals surface area contributed by atoms with Crippen molar-refractivity contribution in [3.05, 3.63) is 46.4 Å². The second-order valence-electron chi connectivity index (χ2n) is 8.60. The molecule has 0 aliphatic carbocycles. The molecule has 0 spiro atoms. The lowest BCUT2D eigenvalue weighted by Crippen LogP contribution is -2.61. The van der Waals surface area contributed by atoms with Crippen molar-refractivity contribution in [2.45, 2.75) is 57.1 Å². The van der Waals surface area contributed by atoms with Crippen LogP contribution in [0, 0.1) is 5.82 Å². The normalized spacial score (nSPS) is 25.9. The molecular weight excluding hydrogens is 423 g/mol. The molecule has 2 atom stereocenters. The number of fused-ring (bicyclic) bond motifs is 1. The monoisotopic (exact) mass is 450 g/mol. The molecule has 3 N–H and O–H groups in total. The maximum absolute atomic E-state index is 13.4. The Hall–Kier alpha value is -2.07. The molecule has 4 rings (SSSR count). The van der Waals surface area contributed by atoms with Crippen LogP contribution in [-0.2, 0) is 11.3 Å². The zero-order valence-corrected chi connectivity index (χ0v) is 18.5. The highest BCUT2D eigenvalue weighted by Crippen LogP contribution is 2.35. The summed E-state index contributed by atoms with van der Waals surface area (Å²) in [5.41, 5.74) is 1.15. The van der Waals surface area contributed by atoms with E-state index in [9.17, 15) is 9.18 Å². The van der Waals surface area contributed by atoms with E-state index in [1.54, 1.807) is 11.0 Å². The first-order chi connectivity index (χ1) is 14.8. The lowest BCUT2D eigenvalue weighted by atomic mass is 9.92. The standard InChI is InChI=1S/C21H28ClFN6O2/c1-21(2)17-11-24-19(26-16-3-5-31-6-4-16)27-18(17)12-29(21)20(30)28-25-10-13-7-14(22)9-15(23)8-13/h7-9,11,16,18-19,24,26-27H,3-6,10,12H2,1-2H3. The Morgan fingerprint density at radius 2 is 2.13 bits per heavy atom. The first kappa shape index (κ1) is 22.1. The van der Waals surface area contributed by atoms with Gasteiger partial charge in [-0.15, -0.1) is 0 Å². The van der Waals surface area contributed by atoms with E-state index in [0.29, 0.717) is 18.2 Å². The van der Waals surface area contributed by atoms with Gasteiger partial charge in [-0.2, -0.15) is 5.11 Å². The highest BCUT2D eigenvalue weighted by molar-refractivity contribution is 6.30. The number of hydrogen-bond acceptors (Lipinski definition) is 6. The number of amides is 2. The summed E-state index contributed by atoms with van der Waals surface area (Å²) in [6.45, 7) is 6.12. The summed E-state index contributed by atoms with van der Waals surface area (Å²) in [6.07, 6.45) is 3.89. The summed E-state index contributed by atoms with van der Waals surface area (Å²) < 4.78 is 18.9. The molecule has 0 bridgehead atoms. The maximum atomic E-state index is 13.4.